The van der Waals surface area contributed by atoms with Crippen LogP contribution < -0.4 is 4.74 Å². The van der Waals surface area contributed by atoms with Gasteiger partial charge in [-0.1, -0.05) is 11.6 Å². The normalized spacial score (nSPS) is 9.73. The summed E-state index contributed by atoms with van der Waals surface area (Å²) in [7, 11) is 1.54. The van der Waals surface area contributed by atoms with Crippen LogP contribution >= 0.6 is 11.6 Å². The second-order valence-electron chi connectivity index (χ2n) is 2.28. The molecular weight excluding hydrogens is 164 g/mol. The van der Waals surface area contributed by atoms with Gasteiger partial charge in [-0.15, -0.1) is 0 Å². The summed E-state index contributed by atoms with van der Waals surface area (Å²) in [4.78, 5) is 0. The summed E-state index contributed by atoms with van der Waals surface area (Å²) in [6.07, 6.45) is 0. The molecule has 0 bridgehead atoms. The molecule has 11 heavy (non-hydrogen) atoms. The van der Waals surface area contributed by atoms with Gasteiger partial charge in [0.15, 0.2) is 0 Å². The van der Waals surface area contributed by atoms with Gasteiger partial charge in [-0.25, -0.2) is 0 Å². The van der Waals surface area contributed by atoms with Crippen molar-refractivity contribution < 1.29 is 9.84 Å². The largest absolute Gasteiger partial charge is 0.506 e. The van der Waals surface area contributed by atoms with E-state index < -0.39 is 0 Å². The molecule has 2 nitrogen and oxygen atoms in total. The zero-order valence-corrected chi connectivity index (χ0v) is 7.14. The third-order valence-corrected chi connectivity index (χ3v) is 1.94. The Morgan fingerprint density at radius 1 is 1.45 bits per heavy atom. The lowest BCUT2D eigenvalue weighted by molar-refractivity contribution is 0.407. The first kappa shape index (κ1) is 8.21. The summed E-state index contributed by atoms with van der Waals surface area (Å²) in [6, 6.07) is 3.25. The molecule has 0 radical (unpaired) electrons. The lowest BCUT2D eigenvalue weighted by atomic mass is 10.2. The summed E-state index contributed by atoms with van der Waals surface area (Å²) >= 11 is 5.70. The first-order valence-electron chi connectivity index (χ1n) is 3.18. The van der Waals surface area contributed by atoms with E-state index >= 15 is 0 Å². The average molecular weight is 173 g/mol. The Balaban J connectivity index is 3.21. The Bertz CT molecular complexity index is 248. The van der Waals surface area contributed by atoms with E-state index in [1.165, 1.54) is 6.07 Å². The summed E-state index contributed by atoms with van der Waals surface area (Å²) in [6.45, 7) is 1.81. The molecule has 0 spiro atoms. The summed E-state index contributed by atoms with van der Waals surface area (Å²) in [5.74, 6) is 0.674. The van der Waals surface area contributed by atoms with Crippen molar-refractivity contribution in [1.82, 2.24) is 0 Å². The fourth-order valence-corrected chi connectivity index (χ4v) is 0.945. The number of hydrogen-bond donors (Lipinski definition) is 1. The summed E-state index contributed by atoms with van der Waals surface area (Å²) < 4.78 is 4.91. The maximum atomic E-state index is 9.20. The monoisotopic (exact) mass is 172 g/mol. The molecule has 60 valence electrons. The van der Waals surface area contributed by atoms with Crippen LogP contribution in [0.25, 0.3) is 0 Å². The molecule has 0 aromatic heterocycles. The number of hydrogen-bond acceptors (Lipinski definition) is 2. The SMILES string of the molecule is COc1cc(C)c(Cl)c(O)c1. The van der Waals surface area contributed by atoms with Gasteiger partial charge in [-0.05, 0) is 18.6 Å². The van der Waals surface area contributed by atoms with Crippen molar-refractivity contribution in [2.45, 2.75) is 6.92 Å². The fraction of sp³-hybridized carbons (Fsp3) is 0.250. The topological polar surface area (TPSA) is 29.5 Å². The number of aromatic hydroxyl groups is 1. The number of halogens is 1. The molecule has 3 heteroatoms. The van der Waals surface area contributed by atoms with Crippen molar-refractivity contribution in [3.05, 3.63) is 22.7 Å². The van der Waals surface area contributed by atoms with E-state index in [1.54, 1.807) is 13.2 Å². The Kier molecular flexibility index (Phi) is 2.25. The predicted molar refractivity (Wildman–Crippen MR) is 44.4 cm³/mol. The maximum Gasteiger partial charge on any atom is 0.138 e. The minimum Gasteiger partial charge on any atom is -0.506 e. The first-order valence-corrected chi connectivity index (χ1v) is 3.56. The van der Waals surface area contributed by atoms with Gasteiger partial charge in [0.1, 0.15) is 11.5 Å². The molecule has 0 aliphatic carbocycles. The van der Waals surface area contributed by atoms with Crippen molar-refractivity contribution in [2.75, 3.05) is 7.11 Å². The third kappa shape index (κ3) is 1.57. The molecule has 1 aromatic carbocycles. The van der Waals surface area contributed by atoms with E-state index in [0.717, 1.165) is 5.56 Å². The van der Waals surface area contributed by atoms with Crippen LogP contribution in [0.2, 0.25) is 5.02 Å². The first-order chi connectivity index (χ1) is 5.15. The number of aryl methyl sites for hydroxylation is 1. The highest BCUT2D eigenvalue weighted by atomic mass is 35.5. The van der Waals surface area contributed by atoms with Crippen LogP contribution in [-0.4, -0.2) is 12.2 Å². The maximum absolute atomic E-state index is 9.20. The highest BCUT2D eigenvalue weighted by molar-refractivity contribution is 6.32. The van der Waals surface area contributed by atoms with Crippen LogP contribution in [0.15, 0.2) is 12.1 Å². The smallest absolute Gasteiger partial charge is 0.138 e. The van der Waals surface area contributed by atoms with Crippen LogP contribution in [0.4, 0.5) is 0 Å². The van der Waals surface area contributed by atoms with Crippen LogP contribution in [0.5, 0.6) is 11.5 Å². The van der Waals surface area contributed by atoms with Gasteiger partial charge in [0.05, 0.1) is 12.1 Å². The number of ether oxygens (including phenoxy) is 1. The molecule has 0 fully saturated rings. The van der Waals surface area contributed by atoms with Crippen LogP contribution in [0.1, 0.15) is 5.56 Å². The second kappa shape index (κ2) is 3.01. The van der Waals surface area contributed by atoms with Gasteiger partial charge in [-0.3, -0.25) is 0 Å². The zero-order valence-electron chi connectivity index (χ0n) is 6.39. The van der Waals surface area contributed by atoms with Gasteiger partial charge in [0.25, 0.3) is 0 Å². The van der Waals surface area contributed by atoms with Gasteiger partial charge < -0.3 is 9.84 Å². The predicted octanol–water partition coefficient (Wildman–Crippen LogP) is 2.36. The second-order valence-corrected chi connectivity index (χ2v) is 2.66. The number of phenols is 1. The zero-order chi connectivity index (χ0) is 8.43. The van der Waals surface area contributed by atoms with Gasteiger partial charge >= 0.3 is 0 Å². The summed E-state index contributed by atoms with van der Waals surface area (Å²) in [5.41, 5.74) is 0.809. The van der Waals surface area contributed by atoms with Crippen molar-refractivity contribution in [3.8, 4) is 11.5 Å². The van der Waals surface area contributed by atoms with E-state index in [2.05, 4.69) is 0 Å². The van der Waals surface area contributed by atoms with Crippen molar-refractivity contribution in [1.29, 1.82) is 0 Å². The molecule has 0 unspecified atom stereocenters. The standard InChI is InChI=1S/C8H9ClO2/c1-5-3-6(11-2)4-7(10)8(5)9/h3-4,10H,1-2H3. The van der Waals surface area contributed by atoms with E-state index in [9.17, 15) is 5.11 Å². The Morgan fingerprint density at radius 2 is 2.09 bits per heavy atom. The molecule has 1 aromatic rings. The molecular formula is C8H9ClO2. The van der Waals surface area contributed by atoms with E-state index in [1.807, 2.05) is 6.92 Å². The molecule has 0 amide bonds. The highest BCUT2D eigenvalue weighted by Crippen LogP contribution is 2.31. The number of benzene rings is 1. The van der Waals surface area contributed by atoms with E-state index in [0.29, 0.717) is 10.8 Å². The molecule has 0 atom stereocenters. The number of phenolic OH excluding ortho intramolecular Hbond substituents is 1. The van der Waals surface area contributed by atoms with Crippen LogP contribution in [-0.2, 0) is 0 Å². The summed E-state index contributed by atoms with van der Waals surface area (Å²) in [5, 5.41) is 9.58. The van der Waals surface area contributed by atoms with Gasteiger partial charge in [0, 0.05) is 6.07 Å². The fourth-order valence-electron chi connectivity index (χ4n) is 0.836. The minimum absolute atomic E-state index is 0.0588. The number of rotatable bonds is 1. The Labute approximate surface area is 70.4 Å². The van der Waals surface area contributed by atoms with Crippen LogP contribution in [0.3, 0.4) is 0 Å². The molecule has 0 saturated carbocycles. The molecule has 1 rings (SSSR count). The molecule has 0 saturated heterocycles. The highest BCUT2D eigenvalue weighted by Gasteiger charge is 2.03. The van der Waals surface area contributed by atoms with E-state index in [4.69, 9.17) is 16.3 Å². The van der Waals surface area contributed by atoms with E-state index in [-0.39, 0.29) is 5.75 Å². The van der Waals surface area contributed by atoms with Crippen molar-refractivity contribution >= 4 is 11.6 Å². The Morgan fingerprint density at radius 3 is 2.55 bits per heavy atom. The quantitative estimate of drug-likeness (QED) is 0.705. The van der Waals surface area contributed by atoms with Crippen molar-refractivity contribution in [3.63, 3.8) is 0 Å². The average Bonchev–Trinajstić information content (AvgIpc) is 1.99. The Hall–Kier alpha value is -0.890. The minimum atomic E-state index is 0.0588. The molecule has 0 heterocycles. The molecule has 0 aliphatic heterocycles. The lowest BCUT2D eigenvalue weighted by Crippen LogP contribution is -1.84. The number of methoxy groups -OCH3 is 1. The van der Waals surface area contributed by atoms with Crippen LogP contribution in [0, 0.1) is 6.92 Å². The lowest BCUT2D eigenvalue weighted by Gasteiger charge is -2.04. The van der Waals surface area contributed by atoms with Gasteiger partial charge in [0.2, 0.25) is 0 Å². The molecule has 1 N–H and O–H groups in total. The van der Waals surface area contributed by atoms with Crippen molar-refractivity contribution in [2.24, 2.45) is 0 Å². The molecule has 0 aliphatic rings. The third-order valence-electron chi connectivity index (χ3n) is 1.44. The van der Waals surface area contributed by atoms with Gasteiger partial charge in [-0.2, -0.15) is 0 Å².